The van der Waals surface area contributed by atoms with Gasteiger partial charge in [-0.25, -0.2) is 4.79 Å². The number of para-hydroxylation sites is 3. The maximum atomic E-state index is 12.3. The second-order valence-corrected chi connectivity index (χ2v) is 5.63. The Bertz CT molecular complexity index is 1060. The first-order valence-electron chi connectivity index (χ1n) is 8.19. The fourth-order valence-electron chi connectivity index (χ4n) is 2.63. The lowest BCUT2D eigenvalue weighted by Gasteiger charge is -2.12. The summed E-state index contributed by atoms with van der Waals surface area (Å²) in [7, 11) is 0. The van der Waals surface area contributed by atoms with Gasteiger partial charge in [-0.2, -0.15) is 0 Å². The van der Waals surface area contributed by atoms with Crippen LogP contribution in [0.5, 0.6) is 17.2 Å². The molecule has 0 N–H and O–H groups in total. The van der Waals surface area contributed by atoms with Crippen LogP contribution in [0.2, 0.25) is 0 Å². The number of ether oxygens (including phenoxy) is 2. The number of fused-ring (bicyclic) bond motifs is 1. The van der Waals surface area contributed by atoms with Gasteiger partial charge < -0.3 is 9.47 Å². The molecule has 3 aromatic carbocycles. The average molecular weight is 341 g/mol. The molecule has 0 radical (unpaired) electrons. The number of esters is 1. The lowest BCUT2D eigenvalue weighted by molar-refractivity contribution is 0.0730. The summed E-state index contributed by atoms with van der Waals surface area (Å²) in [6.07, 6.45) is 1.69. The van der Waals surface area contributed by atoms with Gasteiger partial charge in [-0.3, -0.25) is 4.98 Å². The minimum atomic E-state index is -0.429. The quantitative estimate of drug-likeness (QED) is 0.376. The number of carbonyl (C=O) groups is 1. The molecule has 126 valence electrons. The highest BCUT2D eigenvalue weighted by Gasteiger charge is 2.13. The van der Waals surface area contributed by atoms with Gasteiger partial charge in [0.2, 0.25) is 0 Å². The SMILES string of the molecule is O=C(Oc1ccccc1Oc1ccnc2ccccc12)c1ccccc1. The summed E-state index contributed by atoms with van der Waals surface area (Å²) < 4.78 is 11.6. The number of benzene rings is 3. The monoisotopic (exact) mass is 341 g/mol. The van der Waals surface area contributed by atoms with Crippen molar-refractivity contribution in [2.75, 3.05) is 0 Å². The summed E-state index contributed by atoms with van der Waals surface area (Å²) in [4.78, 5) is 16.7. The molecule has 0 fully saturated rings. The molecule has 1 aromatic heterocycles. The Morgan fingerprint density at radius 2 is 1.38 bits per heavy atom. The summed E-state index contributed by atoms with van der Waals surface area (Å²) in [5.41, 5.74) is 1.32. The van der Waals surface area contributed by atoms with Gasteiger partial charge in [0.15, 0.2) is 11.5 Å². The van der Waals surface area contributed by atoms with Crippen molar-refractivity contribution in [2.24, 2.45) is 0 Å². The Morgan fingerprint density at radius 1 is 0.692 bits per heavy atom. The van der Waals surface area contributed by atoms with Gasteiger partial charge in [0, 0.05) is 11.6 Å². The number of carbonyl (C=O) groups excluding carboxylic acids is 1. The fraction of sp³-hybridized carbons (Fsp3) is 0. The van der Waals surface area contributed by atoms with E-state index in [9.17, 15) is 4.79 Å². The van der Waals surface area contributed by atoms with Crippen molar-refractivity contribution in [1.29, 1.82) is 0 Å². The molecule has 0 saturated heterocycles. The molecule has 4 rings (SSSR count). The fourth-order valence-corrected chi connectivity index (χ4v) is 2.63. The van der Waals surface area contributed by atoms with Gasteiger partial charge in [-0.1, -0.05) is 42.5 Å². The van der Waals surface area contributed by atoms with E-state index in [1.807, 2.05) is 36.4 Å². The molecule has 26 heavy (non-hydrogen) atoms. The Labute approximate surface area is 150 Å². The Morgan fingerprint density at radius 3 is 2.23 bits per heavy atom. The lowest BCUT2D eigenvalue weighted by Crippen LogP contribution is -2.08. The largest absolute Gasteiger partial charge is 0.453 e. The van der Waals surface area contributed by atoms with Gasteiger partial charge in [0.25, 0.3) is 0 Å². The van der Waals surface area contributed by atoms with Gasteiger partial charge in [-0.15, -0.1) is 0 Å². The minimum absolute atomic E-state index is 0.363. The summed E-state index contributed by atoms with van der Waals surface area (Å²) in [6.45, 7) is 0. The summed E-state index contributed by atoms with van der Waals surface area (Å²) >= 11 is 0. The Kier molecular flexibility index (Phi) is 4.31. The molecule has 0 aliphatic carbocycles. The van der Waals surface area contributed by atoms with E-state index in [4.69, 9.17) is 9.47 Å². The van der Waals surface area contributed by atoms with Gasteiger partial charge >= 0.3 is 5.97 Å². The molecule has 4 aromatic rings. The smallest absolute Gasteiger partial charge is 0.343 e. The van der Waals surface area contributed by atoms with Crippen LogP contribution in [0, 0.1) is 0 Å². The lowest BCUT2D eigenvalue weighted by atomic mass is 10.2. The topological polar surface area (TPSA) is 48.4 Å². The van der Waals surface area contributed by atoms with E-state index in [0.717, 1.165) is 10.9 Å². The van der Waals surface area contributed by atoms with Crippen LogP contribution < -0.4 is 9.47 Å². The zero-order valence-corrected chi connectivity index (χ0v) is 13.8. The number of rotatable bonds is 4. The molecule has 4 heteroatoms. The van der Waals surface area contributed by atoms with Crippen molar-refractivity contribution >= 4 is 16.9 Å². The molecule has 0 atom stereocenters. The van der Waals surface area contributed by atoms with Crippen molar-refractivity contribution in [3.8, 4) is 17.2 Å². The third-order valence-electron chi connectivity index (χ3n) is 3.89. The second-order valence-electron chi connectivity index (χ2n) is 5.63. The summed E-state index contributed by atoms with van der Waals surface area (Å²) in [5, 5.41) is 0.888. The molecule has 0 unspecified atom stereocenters. The van der Waals surface area contributed by atoms with E-state index in [1.165, 1.54) is 0 Å². The number of nitrogens with zero attached hydrogens (tertiary/aromatic N) is 1. The van der Waals surface area contributed by atoms with Crippen molar-refractivity contribution in [1.82, 2.24) is 4.98 Å². The predicted octanol–water partition coefficient (Wildman–Crippen LogP) is 5.25. The third-order valence-corrected chi connectivity index (χ3v) is 3.89. The third kappa shape index (κ3) is 3.26. The normalized spacial score (nSPS) is 10.5. The van der Waals surface area contributed by atoms with Crippen LogP contribution in [-0.2, 0) is 0 Å². The first-order chi connectivity index (χ1) is 12.8. The predicted molar refractivity (Wildman–Crippen MR) is 99.7 cm³/mol. The molecule has 4 nitrogen and oxygen atoms in total. The highest BCUT2D eigenvalue weighted by molar-refractivity contribution is 5.91. The molecule has 0 aliphatic heterocycles. The van der Waals surface area contributed by atoms with E-state index in [0.29, 0.717) is 22.8 Å². The zero-order valence-electron chi connectivity index (χ0n) is 13.8. The van der Waals surface area contributed by atoms with Crippen molar-refractivity contribution in [3.63, 3.8) is 0 Å². The molecular weight excluding hydrogens is 326 g/mol. The van der Waals surface area contributed by atoms with E-state index in [1.54, 1.807) is 54.7 Å². The number of hydrogen-bond acceptors (Lipinski definition) is 4. The maximum Gasteiger partial charge on any atom is 0.343 e. The minimum Gasteiger partial charge on any atom is -0.453 e. The van der Waals surface area contributed by atoms with Crippen LogP contribution in [0.4, 0.5) is 0 Å². The number of pyridine rings is 1. The first-order valence-corrected chi connectivity index (χ1v) is 8.19. The molecule has 0 bridgehead atoms. The molecule has 0 spiro atoms. The first kappa shape index (κ1) is 15.8. The number of hydrogen-bond donors (Lipinski definition) is 0. The maximum absolute atomic E-state index is 12.3. The van der Waals surface area contributed by atoms with Gasteiger partial charge in [-0.05, 0) is 42.5 Å². The van der Waals surface area contributed by atoms with Crippen LogP contribution >= 0.6 is 0 Å². The molecule has 1 heterocycles. The van der Waals surface area contributed by atoms with Crippen LogP contribution in [-0.4, -0.2) is 11.0 Å². The van der Waals surface area contributed by atoms with E-state index >= 15 is 0 Å². The van der Waals surface area contributed by atoms with E-state index in [-0.39, 0.29) is 0 Å². The Hall–Kier alpha value is -3.66. The standard InChI is InChI=1S/C22H15NO3/c24-22(16-8-2-1-3-9-16)26-21-13-7-6-12-20(21)25-19-14-15-23-18-11-5-4-10-17(18)19/h1-15H. The molecule has 0 saturated carbocycles. The van der Waals surface area contributed by atoms with Crippen LogP contribution in [0.15, 0.2) is 91.1 Å². The molecular formula is C22H15NO3. The van der Waals surface area contributed by atoms with E-state index < -0.39 is 5.97 Å². The number of aromatic nitrogens is 1. The second kappa shape index (κ2) is 7.07. The van der Waals surface area contributed by atoms with Crippen molar-refractivity contribution in [3.05, 3.63) is 96.7 Å². The highest BCUT2D eigenvalue weighted by Crippen LogP contribution is 2.34. The highest BCUT2D eigenvalue weighted by atomic mass is 16.6. The summed E-state index contributed by atoms with van der Waals surface area (Å²) in [6, 6.07) is 25.5. The molecule has 0 aliphatic rings. The van der Waals surface area contributed by atoms with Crippen LogP contribution in [0.1, 0.15) is 10.4 Å². The average Bonchev–Trinajstić information content (AvgIpc) is 2.70. The van der Waals surface area contributed by atoms with Crippen LogP contribution in [0.25, 0.3) is 10.9 Å². The van der Waals surface area contributed by atoms with Gasteiger partial charge in [0.05, 0.1) is 11.1 Å². The molecule has 0 amide bonds. The van der Waals surface area contributed by atoms with Crippen LogP contribution in [0.3, 0.4) is 0 Å². The zero-order chi connectivity index (χ0) is 17.8. The Balaban J connectivity index is 1.65. The van der Waals surface area contributed by atoms with E-state index in [2.05, 4.69) is 4.98 Å². The van der Waals surface area contributed by atoms with Gasteiger partial charge in [0.1, 0.15) is 5.75 Å². The van der Waals surface area contributed by atoms with Crippen molar-refractivity contribution in [2.45, 2.75) is 0 Å². The summed E-state index contributed by atoms with van der Waals surface area (Å²) in [5.74, 6) is 1.05. The van der Waals surface area contributed by atoms with Crippen molar-refractivity contribution < 1.29 is 14.3 Å².